The van der Waals surface area contributed by atoms with Gasteiger partial charge in [0.15, 0.2) is 0 Å². The van der Waals surface area contributed by atoms with Crippen molar-refractivity contribution < 1.29 is 4.79 Å². The average molecular weight is 209 g/mol. The molecule has 0 saturated carbocycles. The fraction of sp³-hybridized carbons (Fsp3) is 0.100. The second-order valence-electron chi connectivity index (χ2n) is 3.03. The van der Waals surface area contributed by atoms with E-state index in [1.807, 2.05) is 24.3 Å². The fourth-order valence-electron chi connectivity index (χ4n) is 1.43. The van der Waals surface area contributed by atoms with E-state index in [0.717, 1.165) is 16.6 Å². The summed E-state index contributed by atoms with van der Waals surface area (Å²) in [5, 5.41) is 0.499. The molecule has 2 aromatic rings. The molecule has 4 heteroatoms. The number of para-hydroxylation sites is 1. The molecule has 0 atom stereocenters. The first-order chi connectivity index (χ1) is 6.70. The maximum Gasteiger partial charge on any atom is 0.320 e. The zero-order valence-corrected chi connectivity index (χ0v) is 8.38. The third-order valence-corrected chi connectivity index (χ3v) is 2.45. The average Bonchev–Trinajstić information content (AvgIpc) is 2.60. The first-order valence-corrected chi connectivity index (χ1v) is 4.57. The molecule has 1 amide bonds. The minimum atomic E-state index is -0.491. The van der Waals surface area contributed by atoms with Crippen molar-refractivity contribution in [3.8, 4) is 0 Å². The summed E-state index contributed by atoms with van der Waals surface area (Å²) >= 11 is 5.39. The number of nitrogens with zero attached hydrogens (tertiary/aromatic N) is 1. The molecule has 0 aliphatic carbocycles. The van der Waals surface area contributed by atoms with E-state index in [2.05, 4.69) is 4.98 Å². The van der Waals surface area contributed by atoms with Crippen LogP contribution in [-0.2, 0) is 0 Å². The van der Waals surface area contributed by atoms with Crippen molar-refractivity contribution in [3.63, 3.8) is 0 Å². The van der Waals surface area contributed by atoms with Crippen molar-refractivity contribution in [2.75, 3.05) is 11.9 Å². The van der Waals surface area contributed by atoms with Crippen LogP contribution >= 0.6 is 11.6 Å². The van der Waals surface area contributed by atoms with Crippen molar-refractivity contribution in [2.24, 2.45) is 0 Å². The highest BCUT2D eigenvalue weighted by molar-refractivity contribution is 6.66. The van der Waals surface area contributed by atoms with E-state index in [0.29, 0.717) is 0 Å². The molecule has 0 aliphatic rings. The largest absolute Gasteiger partial charge is 0.359 e. The van der Waals surface area contributed by atoms with Gasteiger partial charge in [0.1, 0.15) is 0 Å². The molecule has 0 saturated heterocycles. The Morgan fingerprint density at radius 1 is 1.43 bits per heavy atom. The van der Waals surface area contributed by atoms with Gasteiger partial charge in [0, 0.05) is 24.1 Å². The van der Waals surface area contributed by atoms with Crippen LogP contribution in [0.5, 0.6) is 0 Å². The Hall–Kier alpha value is -1.48. The van der Waals surface area contributed by atoms with Gasteiger partial charge in [-0.05, 0) is 17.7 Å². The maximum absolute atomic E-state index is 11.0. The lowest BCUT2D eigenvalue weighted by atomic mass is 10.2. The van der Waals surface area contributed by atoms with Crippen molar-refractivity contribution >= 4 is 33.6 Å². The molecular weight excluding hydrogens is 200 g/mol. The van der Waals surface area contributed by atoms with Gasteiger partial charge >= 0.3 is 5.37 Å². The lowest BCUT2D eigenvalue weighted by Crippen LogP contribution is -2.18. The number of aromatic nitrogens is 1. The molecule has 0 fully saturated rings. The zero-order valence-electron chi connectivity index (χ0n) is 7.62. The molecule has 2 rings (SSSR count). The molecule has 72 valence electrons. The zero-order chi connectivity index (χ0) is 10.1. The predicted octanol–water partition coefficient (Wildman–Crippen LogP) is 2.96. The van der Waals surface area contributed by atoms with Crippen LogP contribution in [0.2, 0.25) is 0 Å². The third-order valence-electron chi connectivity index (χ3n) is 2.19. The number of H-pyrrole nitrogens is 1. The summed E-state index contributed by atoms with van der Waals surface area (Å²) in [6, 6.07) is 7.75. The van der Waals surface area contributed by atoms with E-state index in [4.69, 9.17) is 11.6 Å². The summed E-state index contributed by atoms with van der Waals surface area (Å²) in [7, 11) is 1.64. The van der Waals surface area contributed by atoms with Crippen LogP contribution in [0.1, 0.15) is 0 Å². The van der Waals surface area contributed by atoms with Crippen LogP contribution in [-0.4, -0.2) is 17.4 Å². The number of aromatic amines is 1. The first kappa shape index (κ1) is 9.09. The molecule has 0 unspecified atom stereocenters. The Labute approximate surface area is 86.3 Å². The number of carbonyl (C=O) groups is 1. The summed E-state index contributed by atoms with van der Waals surface area (Å²) in [5.74, 6) is 0. The van der Waals surface area contributed by atoms with Gasteiger partial charge in [-0.2, -0.15) is 0 Å². The predicted molar refractivity (Wildman–Crippen MR) is 58.0 cm³/mol. The maximum atomic E-state index is 11.0. The number of hydrogen-bond donors (Lipinski definition) is 1. The molecular formula is C10H9ClN2O. The highest BCUT2D eigenvalue weighted by Gasteiger charge is 2.11. The van der Waals surface area contributed by atoms with Gasteiger partial charge in [0.2, 0.25) is 0 Å². The van der Waals surface area contributed by atoms with Gasteiger partial charge in [-0.1, -0.05) is 18.2 Å². The summed E-state index contributed by atoms with van der Waals surface area (Å²) < 4.78 is 0. The van der Waals surface area contributed by atoms with Gasteiger partial charge < -0.3 is 4.98 Å². The first-order valence-electron chi connectivity index (χ1n) is 4.19. The van der Waals surface area contributed by atoms with Crippen molar-refractivity contribution in [1.82, 2.24) is 4.98 Å². The standard InChI is InChI=1S/C10H9ClN2O/c1-13(10(11)14)9-6-12-8-5-3-2-4-7(8)9/h2-6,12H,1H3. The molecule has 1 N–H and O–H groups in total. The van der Waals surface area contributed by atoms with E-state index in [9.17, 15) is 4.79 Å². The summed E-state index contributed by atoms with van der Waals surface area (Å²) in [4.78, 5) is 15.4. The van der Waals surface area contributed by atoms with Gasteiger partial charge in [0.25, 0.3) is 0 Å². The smallest absolute Gasteiger partial charge is 0.320 e. The Bertz CT molecular complexity index is 478. The molecule has 1 aromatic heterocycles. The minimum absolute atomic E-state index is 0.491. The topological polar surface area (TPSA) is 36.1 Å². The molecule has 3 nitrogen and oxygen atoms in total. The van der Waals surface area contributed by atoms with Crippen LogP contribution < -0.4 is 4.90 Å². The van der Waals surface area contributed by atoms with Crippen LogP contribution in [0.15, 0.2) is 30.5 Å². The van der Waals surface area contributed by atoms with Crippen LogP contribution in [0, 0.1) is 0 Å². The monoisotopic (exact) mass is 208 g/mol. The van der Waals surface area contributed by atoms with E-state index < -0.39 is 5.37 Å². The third kappa shape index (κ3) is 1.36. The van der Waals surface area contributed by atoms with E-state index in [-0.39, 0.29) is 0 Å². The quantitative estimate of drug-likeness (QED) is 0.568. The lowest BCUT2D eigenvalue weighted by Gasteiger charge is -2.11. The molecule has 1 aromatic carbocycles. The number of benzene rings is 1. The normalized spacial score (nSPS) is 10.4. The summed E-state index contributed by atoms with van der Waals surface area (Å²) in [5.41, 5.74) is 1.79. The number of rotatable bonds is 1. The van der Waals surface area contributed by atoms with Crippen LogP contribution in [0.4, 0.5) is 10.5 Å². The number of halogens is 1. The van der Waals surface area contributed by atoms with E-state index >= 15 is 0 Å². The summed E-state index contributed by atoms with van der Waals surface area (Å²) in [6.45, 7) is 0. The molecule has 0 bridgehead atoms. The summed E-state index contributed by atoms with van der Waals surface area (Å²) in [6.07, 6.45) is 1.77. The Kier molecular flexibility index (Phi) is 2.17. The molecule has 0 radical (unpaired) electrons. The van der Waals surface area contributed by atoms with Crippen molar-refractivity contribution in [1.29, 1.82) is 0 Å². The van der Waals surface area contributed by atoms with Gasteiger partial charge in [-0.25, -0.2) is 0 Å². The second kappa shape index (κ2) is 3.35. The van der Waals surface area contributed by atoms with E-state index in [1.165, 1.54) is 4.90 Å². The van der Waals surface area contributed by atoms with Crippen LogP contribution in [0.3, 0.4) is 0 Å². The molecule has 1 heterocycles. The molecule has 14 heavy (non-hydrogen) atoms. The number of hydrogen-bond acceptors (Lipinski definition) is 1. The van der Waals surface area contributed by atoms with Gasteiger partial charge in [-0.3, -0.25) is 9.69 Å². The number of nitrogens with one attached hydrogen (secondary N) is 1. The Morgan fingerprint density at radius 3 is 2.86 bits per heavy atom. The van der Waals surface area contributed by atoms with E-state index in [1.54, 1.807) is 13.2 Å². The second-order valence-corrected chi connectivity index (χ2v) is 3.35. The molecule has 0 aliphatic heterocycles. The Balaban J connectivity index is 2.58. The van der Waals surface area contributed by atoms with Crippen LogP contribution in [0.25, 0.3) is 10.9 Å². The lowest BCUT2D eigenvalue weighted by molar-refractivity contribution is 0.265. The SMILES string of the molecule is CN(C(=O)Cl)c1c[nH]c2ccccc12. The molecule has 0 spiro atoms. The van der Waals surface area contributed by atoms with Gasteiger partial charge in [-0.15, -0.1) is 0 Å². The highest BCUT2D eigenvalue weighted by atomic mass is 35.5. The number of carbonyl (C=O) groups excluding carboxylic acids is 1. The van der Waals surface area contributed by atoms with Gasteiger partial charge in [0.05, 0.1) is 5.69 Å². The number of anilines is 1. The fourth-order valence-corrected chi connectivity index (χ4v) is 1.52. The number of fused-ring (bicyclic) bond motifs is 1. The van der Waals surface area contributed by atoms with Crippen molar-refractivity contribution in [3.05, 3.63) is 30.5 Å². The minimum Gasteiger partial charge on any atom is -0.359 e. The Morgan fingerprint density at radius 2 is 2.14 bits per heavy atom. The number of amides is 1. The van der Waals surface area contributed by atoms with Crippen molar-refractivity contribution in [2.45, 2.75) is 0 Å². The highest BCUT2D eigenvalue weighted by Crippen LogP contribution is 2.26.